The van der Waals surface area contributed by atoms with E-state index in [1.807, 2.05) is 49.3 Å². The first-order chi connectivity index (χ1) is 27.7. The van der Waals surface area contributed by atoms with E-state index in [1.54, 1.807) is 31.2 Å². The largest absolute Gasteiger partial charge is 0.494 e. The van der Waals surface area contributed by atoms with Crippen LogP contribution in [0.4, 0.5) is 0 Å². The van der Waals surface area contributed by atoms with Crippen molar-refractivity contribution in [2.24, 2.45) is 5.92 Å². The van der Waals surface area contributed by atoms with E-state index in [9.17, 15) is 37.2 Å². The fourth-order valence-electron chi connectivity index (χ4n) is 8.11. The van der Waals surface area contributed by atoms with Crippen molar-refractivity contribution in [3.8, 4) is 5.75 Å². The summed E-state index contributed by atoms with van der Waals surface area (Å²) in [6, 6.07) is 12.4. The van der Waals surface area contributed by atoms with Crippen LogP contribution in [0.1, 0.15) is 81.9 Å². The number of hydrogen-bond acceptors (Lipinski definition) is 10. The number of benzene rings is 2. The molecule has 2 heterocycles. The standard InChI is InChI=1S/C42H58N6O9S/c1-4-13-33(39(51)41(53)43-25-37(50)44-34(27-47(2)3)29-15-7-5-8-16-29)45-40(52)35-24-32-26-48(35)42(54)38(30-17-9-6-10-18-30)46-36(49)23-28-14-11-19-31(22-28)57-20-12-21-58(32,55)56/h5,7-8,11,14-16,19,22,30,32-35,38H,4,6,9-10,12-13,17-18,20-21,23-27H2,1-3H3,(H,43,53)(H,44,50)(H,45,52)(H,46,49)/t32-,33?,34-,35+,38+/m1/s1. The number of hydrogen-bond donors (Lipinski definition) is 4. The van der Waals surface area contributed by atoms with Gasteiger partial charge in [0.25, 0.3) is 5.91 Å². The zero-order valence-corrected chi connectivity index (χ0v) is 34.6. The van der Waals surface area contributed by atoms with Gasteiger partial charge in [-0.3, -0.25) is 28.8 Å². The maximum atomic E-state index is 14.6. The van der Waals surface area contributed by atoms with Crippen molar-refractivity contribution in [3.63, 3.8) is 0 Å². The summed E-state index contributed by atoms with van der Waals surface area (Å²) in [6.07, 6.45) is 4.48. The molecule has 1 saturated carbocycles. The van der Waals surface area contributed by atoms with Crippen molar-refractivity contribution in [1.29, 1.82) is 0 Å². The molecule has 15 nitrogen and oxygen atoms in total. The van der Waals surface area contributed by atoms with Crippen LogP contribution in [0.5, 0.6) is 5.75 Å². The van der Waals surface area contributed by atoms with Gasteiger partial charge in [-0.1, -0.05) is 75.1 Å². The summed E-state index contributed by atoms with van der Waals surface area (Å²) in [5, 5.41) is 9.78. The van der Waals surface area contributed by atoms with Crippen LogP contribution in [-0.4, -0.2) is 123 Å². The molecule has 5 atom stereocenters. The first-order valence-electron chi connectivity index (χ1n) is 20.4. The monoisotopic (exact) mass is 822 g/mol. The number of ketones is 1. The highest BCUT2D eigenvalue weighted by Gasteiger charge is 2.48. The first kappa shape index (κ1) is 44.3. The molecule has 2 aliphatic heterocycles. The number of fused-ring (bicyclic) bond motifs is 4. The molecule has 4 bridgehead atoms. The molecule has 58 heavy (non-hydrogen) atoms. The summed E-state index contributed by atoms with van der Waals surface area (Å²) in [6.45, 7) is 1.62. The quantitative estimate of drug-likeness (QED) is 0.216. The highest BCUT2D eigenvalue weighted by atomic mass is 32.2. The van der Waals surface area contributed by atoms with Gasteiger partial charge in [0.1, 0.15) is 17.8 Å². The Balaban J connectivity index is 1.32. The van der Waals surface area contributed by atoms with Crippen molar-refractivity contribution < 1.29 is 41.9 Å². The number of nitrogens with one attached hydrogen (secondary N) is 4. The topological polar surface area (TPSA) is 200 Å². The molecule has 1 saturated heterocycles. The SMILES string of the molecule is CCCC(NC(=O)[C@@H]1C[C@@H]2CN1C(=O)[C@H](C1CCCCC1)NC(=O)Cc1cccc(c1)OCCCS2(=O)=O)C(=O)C(=O)NCC(=O)N[C@H](CN(C)C)c1ccccc1. The van der Waals surface area contributed by atoms with Crippen molar-refractivity contribution >= 4 is 45.2 Å². The molecule has 16 heteroatoms. The molecule has 316 valence electrons. The summed E-state index contributed by atoms with van der Waals surface area (Å²) in [4.78, 5) is 85.1. The molecular formula is C42H58N6O9S. The molecule has 5 amide bonds. The summed E-state index contributed by atoms with van der Waals surface area (Å²) in [5.74, 6) is -4.22. The predicted octanol–water partition coefficient (Wildman–Crippen LogP) is 1.85. The number of ether oxygens (including phenoxy) is 1. The Morgan fingerprint density at radius 1 is 0.966 bits per heavy atom. The fraction of sp³-hybridized carbons (Fsp3) is 0.571. The van der Waals surface area contributed by atoms with E-state index in [0.29, 0.717) is 37.1 Å². The van der Waals surface area contributed by atoms with Crippen LogP contribution >= 0.6 is 0 Å². The lowest BCUT2D eigenvalue weighted by atomic mass is 9.83. The van der Waals surface area contributed by atoms with E-state index < -0.39 is 69.2 Å². The van der Waals surface area contributed by atoms with Crippen LogP contribution in [0.25, 0.3) is 0 Å². The average molecular weight is 823 g/mol. The molecular weight excluding hydrogens is 765 g/mol. The highest BCUT2D eigenvalue weighted by Crippen LogP contribution is 2.31. The number of Topliss-reactive ketones (excluding diaryl/α,β-unsaturated/α-hetero) is 1. The summed E-state index contributed by atoms with van der Waals surface area (Å²) in [5.41, 5.74) is 1.54. The minimum atomic E-state index is -3.84. The van der Waals surface area contributed by atoms with E-state index in [2.05, 4.69) is 21.3 Å². The van der Waals surface area contributed by atoms with Gasteiger partial charge in [-0.25, -0.2) is 8.42 Å². The molecule has 1 unspecified atom stereocenters. The van der Waals surface area contributed by atoms with Crippen LogP contribution in [0.2, 0.25) is 0 Å². The number of rotatable bonds is 13. The lowest BCUT2D eigenvalue weighted by Crippen LogP contribution is -2.58. The lowest BCUT2D eigenvalue weighted by molar-refractivity contribution is -0.144. The summed E-state index contributed by atoms with van der Waals surface area (Å²) < 4.78 is 33.3. The van der Waals surface area contributed by atoms with Crippen LogP contribution in [0, 0.1) is 5.92 Å². The van der Waals surface area contributed by atoms with Gasteiger partial charge in [0.05, 0.1) is 42.7 Å². The molecule has 0 aromatic heterocycles. The number of nitrogens with zero attached hydrogens (tertiary/aromatic N) is 2. The van der Waals surface area contributed by atoms with Crippen molar-refractivity contribution in [2.75, 3.05) is 46.1 Å². The fourth-order valence-corrected chi connectivity index (χ4v) is 9.83. The number of likely N-dealkylation sites (N-methyl/N-ethyl adjacent to an activating group) is 1. The van der Waals surface area contributed by atoms with Crippen molar-refractivity contribution in [2.45, 2.75) is 101 Å². The number of amides is 5. The third-order valence-electron chi connectivity index (χ3n) is 11.1. The van der Waals surface area contributed by atoms with Crippen LogP contribution in [0.15, 0.2) is 54.6 Å². The first-order valence-corrected chi connectivity index (χ1v) is 22.1. The molecule has 4 N–H and O–H groups in total. The molecule has 5 rings (SSSR count). The number of sulfone groups is 1. The van der Waals surface area contributed by atoms with Gasteiger partial charge < -0.3 is 35.8 Å². The second-order valence-corrected chi connectivity index (χ2v) is 18.3. The molecule has 2 fully saturated rings. The van der Waals surface area contributed by atoms with Gasteiger partial charge in [0.15, 0.2) is 9.84 Å². The zero-order valence-electron chi connectivity index (χ0n) is 33.7. The Morgan fingerprint density at radius 3 is 2.41 bits per heavy atom. The Labute approximate surface area is 341 Å². The Morgan fingerprint density at radius 2 is 1.71 bits per heavy atom. The molecule has 2 aromatic rings. The van der Waals surface area contributed by atoms with Gasteiger partial charge in [0.2, 0.25) is 29.4 Å². The minimum Gasteiger partial charge on any atom is -0.494 e. The Kier molecular flexibility index (Phi) is 15.8. The van der Waals surface area contributed by atoms with Crippen LogP contribution in [0.3, 0.4) is 0 Å². The van der Waals surface area contributed by atoms with Crippen molar-refractivity contribution in [3.05, 3.63) is 65.7 Å². The van der Waals surface area contributed by atoms with Gasteiger partial charge >= 0.3 is 0 Å². The highest BCUT2D eigenvalue weighted by molar-refractivity contribution is 7.92. The zero-order chi connectivity index (χ0) is 41.8. The third-order valence-corrected chi connectivity index (χ3v) is 13.3. The third kappa shape index (κ3) is 12.1. The maximum absolute atomic E-state index is 14.6. The van der Waals surface area contributed by atoms with Gasteiger partial charge in [0, 0.05) is 13.1 Å². The summed E-state index contributed by atoms with van der Waals surface area (Å²) >= 11 is 0. The molecule has 0 radical (unpaired) electrons. The van der Waals surface area contributed by atoms with Gasteiger partial charge in [-0.15, -0.1) is 0 Å². The smallest absolute Gasteiger partial charge is 0.290 e. The van der Waals surface area contributed by atoms with E-state index >= 15 is 0 Å². The molecule has 3 aliphatic rings. The Hall–Kier alpha value is -4.83. The second kappa shape index (κ2) is 20.7. The average Bonchev–Trinajstić information content (AvgIpc) is 3.67. The maximum Gasteiger partial charge on any atom is 0.290 e. The van der Waals surface area contributed by atoms with Gasteiger partial charge in [-0.2, -0.15) is 0 Å². The predicted molar refractivity (Wildman–Crippen MR) is 217 cm³/mol. The van der Waals surface area contributed by atoms with E-state index in [4.69, 9.17) is 4.74 Å². The normalized spacial score (nSPS) is 22.6. The van der Waals surface area contributed by atoms with E-state index in [1.165, 1.54) is 4.90 Å². The molecule has 2 aromatic carbocycles. The molecule has 1 aliphatic carbocycles. The lowest BCUT2D eigenvalue weighted by Gasteiger charge is -2.35. The van der Waals surface area contributed by atoms with Gasteiger partial charge in [-0.05, 0) is 75.4 Å². The molecule has 0 spiro atoms. The number of carbonyl (C=O) groups is 6. The number of carbonyl (C=O) groups excluding carboxylic acids is 6. The van der Waals surface area contributed by atoms with E-state index in [0.717, 1.165) is 24.8 Å². The minimum absolute atomic E-state index is 0.0111. The van der Waals surface area contributed by atoms with Crippen molar-refractivity contribution in [1.82, 2.24) is 31.1 Å². The second-order valence-electron chi connectivity index (χ2n) is 15.9. The van der Waals surface area contributed by atoms with Crippen LogP contribution in [-0.2, 0) is 45.0 Å². The van der Waals surface area contributed by atoms with E-state index in [-0.39, 0.29) is 62.5 Å². The Bertz CT molecular complexity index is 1890. The van der Waals surface area contributed by atoms with Crippen LogP contribution < -0.4 is 26.0 Å². The summed E-state index contributed by atoms with van der Waals surface area (Å²) in [7, 11) is -0.101.